The van der Waals surface area contributed by atoms with Gasteiger partial charge in [0.1, 0.15) is 11.2 Å². The van der Waals surface area contributed by atoms with Gasteiger partial charge in [-0.05, 0) is 37.5 Å². The first-order valence-electron chi connectivity index (χ1n) is 9.06. The molecule has 1 fully saturated rings. The number of carbonyl (C=O) groups excluding carboxylic acids is 1. The number of nitrogens with zero attached hydrogens (tertiary/aromatic N) is 1. The summed E-state index contributed by atoms with van der Waals surface area (Å²) in [6.45, 7) is 3.73. The quantitative estimate of drug-likeness (QED) is 0.623. The van der Waals surface area contributed by atoms with Crippen LogP contribution in [0.2, 0.25) is 0 Å². The lowest BCUT2D eigenvalue weighted by Gasteiger charge is -2.23. The summed E-state index contributed by atoms with van der Waals surface area (Å²) in [4.78, 5) is 26.7. The number of furan rings is 1. The number of amides is 1. The summed E-state index contributed by atoms with van der Waals surface area (Å²) in [5.41, 5.74) is 2.45. The molecule has 1 saturated heterocycles. The van der Waals surface area contributed by atoms with Gasteiger partial charge in [-0.2, -0.15) is 0 Å². The average Bonchev–Trinajstić information content (AvgIpc) is 3.18. The maximum Gasteiger partial charge on any atom is 0.340 e. The van der Waals surface area contributed by atoms with E-state index >= 15 is 0 Å². The molecule has 0 bridgehead atoms. The van der Waals surface area contributed by atoms with Gasteiger partial charge in [-0.15, -0.1) is 0 Å². The van der Waals surface area contributed by atoms with Crippen LogP contribution in [-0.4, -0.2) is 43.8 Å². The van der Waals surface area contributed by atoms with E-state index in [2.05, 4.69) is 0 Å². The Bertz CT molecular complexity index is 1270. The van der Waals surface area contributed by atoms with Crippen LogP contribution in [-0.2, 0) is 21.1 Å². The minimum absolute atomic E-state index is 0.0295. The van der Waals surface area contributed by atoms with E-state index in [0.29, 0.717) is 28.7 Å². The zero-order valence-electron chi connectivity index (χ0n) is 15.9. The highest BCUT2D eigenvalue weighted by molar-refractivity contribution is 7.91. The molecule has 2 aromatic heterocycles. The van der Waals surface area contributed by atoms with Gasteiger partial charge in [-0.25, -0.2) is 13.2 Å². The molecule has 0 unspecified atom stereocenters. The smallest absolute Gasteiger partial charge is 0.340 e. The standard InChI is InChI=1S/C20H21NO6S/c1-11-9-26-17-8-18-15(6-14(11)17)12(2)16(20(23)27-18)7-19(22)21(3)13-4-5-28(24,25)10-13/h6,8-9,13H,4-5,7,10H2,1-3H3/t13-/m0/s1. The maximum atomic E-state index is 12.7. The van der Waals surface area contributed by atoms with Gasteiger partial charge in [0, 0.05) is 29.9 Å². The molecule has 0 radical (unpaired) electrons. The largest absolute Gasteiger partial charge is 0.464 e. The molecule has 8 heteroatoms. The second-order valence-corrected chi connectivity index (χ2v) is 9.72. The van der Waals surface area contributed by atoms with Gasteiger partial charge >= 0.3 is 5.63 Å². The monoisotopic (exact) mass is 403 g/mol. The SMILES string of the molecule is Cc1coc2cc3oc(=O)c(CC(=O)N(C)[C@H]4CCS(=O)(=O)C4)c(C)c3cc12. The summed E-state index contributed by atoms with van der Waals surface area (Å²) in [6, 6.07) is 3.24. The van der Waals surface area contributed by atoms with E-state index in [-0.39, 0.29) is 29.9 Å². The number of likely N-dealkylation sites (N-methyl/N-ethyl adjacent to an activating group) is 1. The van der Waals surface area contributed by atoms with Crippen LogP contribution >= 0.6 is 0 Å². The lowest BCUT2D eigenvalue weighted by molar-refractivity contribution is -0.130. The van der Waals surface area contributed by atoms with Crippen LogP contribution in [0.25, 0.3) is 21.9 Å². The molecule has 3 aromatic rings. The third-order valence-electron chi connectivity index (χ3n) is 5.65. The van der Waals surface area contributed by atoms with Crippen molar-refractivity contribution in [3.05, 3.63) is 45.5 Å². The number of benzene rings is 1. The summed E-state index contributed by atoms with van der Waals surface area (Å²) >= 11 is 0. The van der Waals surface area contributed by atoms with Crippen molar-refractivity contribution in [2.45, 2.75) is 32.7 Å². The van der Waals surface area contributed by atoms with Crippen LogP contribution in [0.3, 0.4) is 0 Å². The summed E-state index contributed by atoms with van der Waals surface area (Å²) in [5, 5.41) is 1.68. The summed E-state index contributed by atoms with van der Waals surface area (Å²) < 4.78 is 34.3. The lowest BCUT2D eigenvalue weighted by atomic mass is 10.0. The molecule has 0 aliphatic carbocycles. The highest BCUT2D eigenvalue weighted by Gasteiger charge is 2.33. The van der Waals surface area contributed by atoms with Crippen molar-refractivity contribution < 1.29 is 22.0 Å². The first-order chi connectivity index (χ1) is 13.2. The second-order valence-electron chi connectivity index (χ2n) is 7.49. The third-order valence-corrected chi connectivity index (χ3v) is 7.40. The van der Waals surface area contributed by atoms with E-state index in [9.17, 15) is 18.0 Å². The Morgan fingerprint density at radius 3 is 2.64 bits per heavy atom. The summed E-state index contributed by atoms with van der Waals surface area (Å²) in [5.74, 6) is -0.234. The minimum atomic E-state index is -3.09. The van der Waals surface area contributed by atoms with Crippen molar-refractivity contribution in [3.8, 4) is 0 Å². The molecule has 1 atom stereocenters. The Hall–Kier alpha value is -2.61. The van der Waals surface area contributed by atoms with Crippen molar-refractivity contribution in [3.63, 3.8) is 0 Å². The number of fused-ring (bicyclic) bond motifs is 2. The minimum Gasteiger partial charge on any atom is -0.464 e. The fraction of sp³-hybridized carbons (Fsp3) is 0.400. The number of sulfone groups is 1. The first-order valence-corrected chi connectivity index (χ1v) is 10.9. The Morgan fingerprint density at radius 1 is 1.21 bits per heavy atom. The van der Waals surface area contributed by atoms with Crippen molar-refractivity contribution >= 4 is 37.7 Å². The lowest BCUT2D eigenvalue weighted by Crippen LogP contribution is -2.39. The van der Waals surface area contributed by atoms with Crippen LogP contribution in [0.15, 0.2) is 32.0 Å². The van der Waals surface area contributed by atoms with Crippen LogP contribution < -0.4 is 5.63 Å². The van der Waals surface area contributed by atoms with Crippen LogP contribution in [0.5, 0.6) is 0 Å². The van der Waals surface area contributed by atoms with Gasteiger partial charge in [-0.3, -0.25) is 4.79 Å². The third kappa shape index (κ3) is 3.11. The average molecular weight is 403 g/mol. The molecule has 7 nitrogen and oxygen atoms in total. The van der Waals surface area contributed by atoms with Gasteiger partial charge < -0.3 is 13.7 Å². The molecule has 0 saturated carbocycles. The maximum absolute atomic E-state index is 12.7. The highest BCUT2D eigenvalue weighted by atomic mass is 32.2. The van der Waals surface area contributed by atoms with E-state index in [0.717, 1.165) is 16.3 Å². The topological polar surface area (TPSA) is 97.8 Å². The molecule has 1 amide bonds. The van der Waals surface area contributed by atoms with Crippen molar-refractivity contribution in [2.75, 3.05) is 18.6 Å². The van der Waals surface area contributed by atoms with Crippen molar-refractivity contribution in [1.29, 1.82) is 0 Å². The van der Waals surface area contributed by atoms with Gasteiger partial charge in [0.2, 0.25) is 5.91 Å². The molecule has 4 rings (SSSR count). The molecule has 1 aliphatic heterocycles. The predicted octanol–water partition coefficient (Wildman–Crippen LogP) is 2.34. The Labute approximate surface area is 161 Å². The predicted molar refractivity (Wildman–Crippen MR) is 105 cm³/mol. The first kappa shape index (κ1) is 18.7. The van der Waals surface area contributed by atoms with Gasteiger partial charge in [0.25, 0.3) is 0 Å². The van der Waals surface area contributed by atoms with Gasteiger partial charge in [0.05, 0.1) is 29.8 Å². The Morgan fingerprint density at radius 2 is 1.96 bits per heavy atom. The fourth-order valence-electron chi connectivity index (χ4n) is 3.80. The molecular formula is C20H21NO6S. The zero-order chi connectivity index (χ0) is 20.2. The summed E-state index contributed by atoms with van der Waals surface area (Å²) in [7, 11) is -1.51. The zero-order valence-corrected chi connectivity index (χ0v) is 16.8. The highest BCUT2D eigenvalue weighted by Crippen LogP contribution is 2.29. The van der Waals surface area contributed by atoms with Gasteiger partial charge in [0.15, 0.2) is 9.84 Å². The van der Waals surface area contributed by atoms with E-state index in [1.54, 1.807) is 26.3 Å². The van der Waals surface area contributed by atoms with Gasteiger partial charge in [-0.1, -0.05) is 0 Å². The second kappa shape index (κ2) is 6.48. The van der Waals surface area contributed by atoms with Crippen LogP contribution in [0.4, 0.5) is 0 Å². The number of aryl methyl sites for hydroxylation is 2. The molecule has 28 heavy (non-hydrogen) atoms. The van der Waals surface area contributed by atoms with Crippen molar-refractivity contribution in [2.24, 2.45) is 0 Å². The molecule has 3 heterocycles. The Kier molecular flexibility index (Phi) is 4.33. The van der Waals surface area contributed by atoms with Crippen LogP contribution in [0, 0.1) is 13.8 Å². The molecule has 1 aromatic carbocycles. The number of hydrogen-bond donors (Lipinski definition) is 0. The fourth-order valence-corrected chi connectivity index (χ4v) is 5.58. The van der Waals surface area contributed by atoms with E-state index < -0.39 is 15.5 Å². The van der Waals surface area contributed by atoms with E-state index in [1.807, 2.05) is 13.0 Å². The Balaban J connectivity index is 1.70. The molecule has 0 N–H and O–H groups in total. The molecule has 0 spiro atoms. The normalized spacial score (nSPS) is 18.8. The van der Waals surface area contributed by atoms with E-state index in [1.165, 1.54) is 4.90 Å². The number of hydrogen-bond acceptors (Lipinski definition) is 6. The molecule has 1 aliphatic rings. The van der Waals surface area contributed by atoms with Crippen LogP contribution in [0.1, 0.15) is 23.1 Å². The molecular weight excluding hydrogens is 382 g/mol. The number of carbonyl (C=O) groups is 1. The number of rotatable bonds is 3. The summed E-state index contributed by atoms with van der Waals surface area (Å²) in [6.07, 6.45) is 1.94. The van der Waals surface area contributed by atoms with E-state index in [4.69, 9.17) is 8.83 Å². The molecule has 148 valence electrons. The van der Waals surface area contributed by atoms with Crippen molar-refractivity contribution in [1.82, 2.24) is 4.90 Å².